The van der Waals surface area contributed by atoms with Gasteiger partial charge in [0, 0.05) is 43.5 Å². The van der Waals surface area contributed by atoms with Gasteiger partial charge in [-0.15, -0.1) is 0 Å². The Morgan fingerprint density at radius 2 is 1.38 bits per heavy atom. The van der Waals surface area contributed by atoms with Gasteiger partial charge in [-0.2, -0.15) is 0 Å². The monoisotopic (exact) mass is 565 g/mol. The molecule has 212 valence electrons. The van der Waals surface area contributed by atoms with Gasteiger partial charge in [0.05, 0.1) is 24.1 Å². The maximum atomic E-state index is 15.0. The fraction of sp³-hybridized carbons (Fsp3) is 0.176. The highest BCUT2D eigenvalue weighted by molar-refractivity contribution is 6.07. The lowest BCUT2D eigenvalue weighted by atomic mass is 10.0. The molecule has 0 radical (unpaired) electrons. The molecule has 1 aliphatic heterocycles. The minimum Gasteiger partial charge on any atom is -0.497 e. The molecule has 0 spiro atoms. The highest BCUT2D eigenvalue weighted by Crippen LogP contribution is 2.33. The SMILES string of the molecule is COc1ccc(-c2cc(C(=O)N3CCN(C(=O)c4cccc5ccccc45)CC3)c(C)n2-c2ccc(F)cc2F)cc1. The molecule has 1 fully saturated rings. The van der Waals surface area contributed by atoms with Crippen LogP contribution in [-0.4, -0.2) is 59.5 Å². The van der Waals surface area contributed by atoms with Gasteiger partial charge in [-0.3, -0.25) is 9.59 Å². The predicted octanol–water partition coefficient (Wildman–Crippen LogP) is 6.49. The molecule has 1 aromatic heterocycles. The number of hydrogen-bond donors (Lipinski definition) is 0. The molecule has 0 bridgehead atoms. The number of nitrogens with zero attached hydrogens (tertiary/aromatic N) is 3. The van der Waals surface area contributed by atoms with Crippen molar-refractivity contribution in [3.63, 3.8) is 0 Å². The Bertz CT molecular complexity index is 1800. The number of carbonyl (C=O) groups excluding carboxylic acids is 2. The van der Waals surface area contributed by atoms with E-state index in [-0.39, 0.29) is 17.5 Å². The molecule has 0 N–H and O–H groups in total. The van der Waals surface area contributed by atoms with E-state index in [1.807, 2.05) is 54.6 Å². The highest BCUT2D eigenvalue weighted by Gasteiger charge is 2.29. The fourth-order valence-corrected chi connectivity index (χ4v) is 5.64. The Kier molecular flexibility index (Phi) is 7.20. The summed E-state index contributed by atoms with van der Waals surface area (Å²) in [7, 11) is 1.57. The number of fused-ring (bicyclic) bond motifs is 1. The summed E-state index contributed by atoms with van der Waals surface area (Å²) in [6.45, 7) is 3.27. The summed E-state index contributed by atoms with van der Waals surface area (Å²) in [5.74, 6) is -1.02. The number of piperazine rings is 1. The van der Waals surface area contributed by atoms with Crippen LogP contribution in [0.3, 0.4) is 0 Å². The minimum atomic E-state index is -0.733. The number of hydrogen-bond acceptors (Lipinski definition) is 3. The molecule has 6 rings (SSSR count). The molecule has 6 nitrogen and oxygen atoms in total. The number of rotatable bonds is 5. The van der Waals surface area contributed by atoms with E-state index in [0.29, 0.717) is 54.4 Å². The van der Waals surface area contributed by atoms with Gasteiger partial charge in [0.2, 0.25) is 0 Å². The molecule has 42 heavy (non-hydrogen) atoms. The Morgan fingerprint density at radius 1 is 0.738 bits per heavy atom. The number of amides is 2. The van der Waals surface area contributed by atoms with E-state index in [0.717, 1.165) is 22.4 Å². The summed E-state index contributed by atoms with van der Waals surface area (Å²) in [5, 5.41) is 1.90. The standard InChI is InChI=1S/C34H29F2N3O3/c1-22-29(21-32(24-10-13-26(42-2)14-11-24)39(22)31-15-12-25(35)20-30(31)36)34(41)38-18-16-37(17-19-38)33(40)28-9-5-7-23-6-3-4-8-27(23)28/h3-15,20-21H,16-19H2,1-2H3. The van der Waals surface area contributed by atoms with E-state index in [9.17, 15) is 14.0 Å². The quantitative estimate of drug-likeness (QED) is 0.245. The topological polar surface area (TPSA) is 54.8 Å². The van der Waals surface area contributed by atoms with Crippen LogP contribution < -0.4 is 4.74 Å². The van der Waals surface area contributed by atoms with Crippen molar-refractivity contribution in [2.45, 2.75) is 6.92 Å². The average Bonchev–Trinajstić information content (AvgIpc) is 3.36. The largest absolute Gasteiger partial charge is 0.497 e. The van der Waals surface area contributed by atoms with Crippen LogP contribution in [0.1, 0.15) is 26.4 Å². The van der Waals surface area contributed by atoms with Crippen molar-refractivity contribution in [2.24, 2.45) is 0 Å². The summed E-state index contributed by atoms with van der Waals surface area (Å²) >= 11 is 0. The third-order valence-electron chi connectivity index (χ3n) is 7.89. The van der Waals surface area contributed by atoms with Crippen molar-refractivity contribution >= 4 is 22.6 Å². The van der Waals surface area contributed by atoms with Crippen LogP contribution in [0.2, 0.25) is 0 Å². The molecule has 0 saturated carbocycles. The Morgan fingerprint density at radius 3 is 2.05 bits per heavy atom. The van der Waals surface area contributed by atoms with Crippen molar-refractivity contribution in [2.75, 3.05) is 33.3 Å². The molecule has 4 aromatic carbocycles. The predicted molar refractivity (Wildman–Crippen MR) is 158 cm³/mol. The second-order valence-corrected chi connectivity index (χ2v) is 10.3. The lowest BCUT2D eigenvalue weighted by Gasteiger charge is -2.35. The molecule has 2 heterocycles. The van der Waals surface area contributed by atoms with Gasteiger partial charge in [-0.05, 0) is 71.8 Å². The maximum Gasteiger partial charge on any atom is 0.255 e. The van der Waals surface area contributed by atoms with E-state index in [4.69, 9.17) is 4.74 Å². The first-order valence-corrected chi connectivity index (χ1v) is 13.7. The average molecular weight is 566 g/mol. The summed E-state index contributed by atoms with van der Waals surface area (Å²) in [6, 6.07) is 25.9. The van der Waals surface area contributed by atoms with E-state index in [2.05, 4.69) is 0 Å². The normalized spacial score (nSPS) is 13.4. The molecular weight excluding hydrogens is 536 g/mol. The molecule has 8 heteroatoms. The zero-order valence-corrected chi connectivity index (χ0v) is 23.3. The Hall–Kier alpha value is -4.98. The first kappa shape index (κ1) is 27.2. The van der Waals surface area contributed by atoms with Crippen molar-refractivity contribution < 1.29 is 23.1 Å². The molecule has 0 aliphatic carbocycles. The zero-order valence-electron chi connectivity index (χ0n) is 23.3. The van der Waals surface area contributed by atoms with Crippen molar-refractivity contribution in [1.29, 1.82) is 0 Å². The number of carbonyl (C=O) groups is 2. The van der Waals surface area contributed by atoms with Crippen LogP contribution >= 0.6 is 0 Å². The van der Waals surface area contributed by atoms with Crippen LogP contribution in [0.15, 0.2) is 91.0 Å². The van der Waals surface area contributed by atoms with Crippen LogP contribution in [0.5, 0.6) is 5.75 Å². The van der Waals surface area contributed by atoms with Gasteiger partial charge in [-0.25, -0.2) is 8.78 Å². The number of halogens is 2. The van der Waals surface area contributed by atoms with Gasteiger partial charge in [0.25, 0.3) is 11.8 Å². The molecule has 0 unspecified atom stereocenters. The first-order valence-electron chi connectivity index (χ1n) is 13.7. The Balaban J connectivity index is 1.28. The van der Waals surface area contributed by atoms with E-state index < -0.39 is 11.6 Å². The number of benzene rings is 4. The lowest BCUT2D eigenvalue weighted by molar-refractivity contribution is 0.0536. The van der Waals surface area contributed by atoms with Gasteiger partial charge in [0.15, 0.2) is 0 Å². The van der Waals surface area contributed by atoms with Gasteiger partial charge < -0.3 is 19.1 Å². The van der Waals surface area contributed by atoms with E-state index >= 15 is 4.39 Å². The Labute approximate surface area is 242 Å². The van der Waals surface area contributed by atoms with Crippen LogP contribution in [0.25, 0.3) is 27.7 Å². The number of aromatic nitrogens is 1. The molecule has 1 saturated heterocycles. The lowest BCUT2D eigenvalue weighted by Crippen LogP contribution is -2.50. The third kappa shape index (κ3) is 4.89. The summed E-state index contributed by atoms with van der Waals surface area (Å²) in [4.78, 5) is 30.8. The van der Waals surface area contributed by atoms with Crippen molar-refractivity contribution in [1.82, 2.24) is 14.4 Å². The third-order valence-corrected chi connectivity index (χ3v) is 7.89. The fourth-order valence-electron chi connectivity index (χ4n) is 5.64. The summed E-state index contributed by atoms with van der Waals surface area (Å²) < 4.78 is 35.7. The number of ether oxygens (including phenoxy) is 1. The van der Waals surface area contributed by atoms with Crippen LogP contribution in [-0.2, 0) is 0 Å². The van der Waals surface area contributed by atoms with Crippen molar-refractivity contribution in [3.05, 3.63) is 119 Å². The summed E-state index contributed by atoms with van der Waals surface area (Å²) in [6.07, 6.45) is 0. The van der Waals surface area contributed by atoms with Crippen LogP contribution in [0.4, 0.5) is 8.78 Å². The van der Waals surface area contributed by atoms with E-state index in [1.165, 1.54) is 12.1 Å². The molecule has 1 aliphatic rings. The number of methoxy groups -OCH3 is 1. The molecule has 2 amide bonds. The summed E-state index contributed by atoms with van der Waals surface area (Å²) in [5.41, 5.74) is 3.07. The molecule has 5 aromatic rings. The molecule has 0 atom stereocenters. The van der Waals surface area contributed by atoms with Gasteiger partial charge >= 0.3 is 0 Å². The second kappa shape index (κ2) is 11.1. The first-order chi connectivity index (χ1) is 20.4. The second-order valence-electron chi connectivity index (χ2n) is 10.3. The van der Waals surface area contributed by atoms with Crippen LogP contribution in [0, 0.1) is 18.6 Å². The molecular formula is C34H29F2N3O3. The maximum absolute atomic E-state index is 15.0. The zero-order chi connectivity index (χ0) is 29.4. The smallest absolute Gasteiger partial charge is 0.255 e. The van der Waals surface area contributed by atoms with Gasteiger partial charge in [0.1, 0.15) is 17.4 Å². The van der Waals surface area contributed by atoms with Crippen molar-refractivity contribution in [3.8, 4) is 22.7 Å². The van der Waals surface area contributed by atoms with E-state index in [1.54, 1.807) is 46.6 Å². The highest BCUT2D eigenvalue weighted by atomic mass is 19.1. The van der Waals surface area contributed by atoms with Gasteiger partial charge in [-0.1, -0.05) is 36.4 Å². The minimum absolute atomic E-state index is 0.0604.